The quantitative estimate of drug-likeness (QED) is 0.152. The third-order valence-corrected chi connectivity index (χ3v) is 9.91. The minimum Gasteiger partial charge on any atom is -0.382 e. The normalized spacial score (nSPS) is 22.9. The minimum atomic E-state index is -2.53. The zero-order chi connectivity index (χ0) is 30.9. The van der Waals surface area contributed by atoms with Gasteiger partial charge in [0.2, 0.25) is 6.54 Å². The second kappa shape index (κ2) is 16.4. The number of H-pyrrole nitrogens is 1. The smallest absolute Gasteiger partial charge is 0.330 e. The number of aryl methyl sites for hydroxylation is 1. The molecule has 1 aromatic rings. The summed E-state index contributed by atoms with van der Waals surface area (Å²) in [5, 5.41) is 3.24. The van der Waals surface area contributed by atoms with Crippen molar-refractivity contribution < 1.29 is 27.8 Å². The Morgan fingerprint density at radius 3 is 2.39 bits per heavy atom. The van der Waals surface area contributed by atoms with Crippen molar-refractivity contribution in [1.29, 1.82) is 0 Å². The van der Waals surface area contributed by atoms with E-state index >= 15 is 0 Å². The Labute approximate surface area is 244 Å². The second-order valence-electron chi connectivity index (χ2n) is 11.0. The first-order valence-electron chi connectivity index (χ1n) is 13.8. The summed E-state index contributed by atoms with van der Waals surface area (Å²) in [6.45, 7) is 21.2. The Kier molecular flexibility index (Phi) is 14.3. The largest absolute Gasteiger partial charge is 0.382 e. The standard InChI is InChI=1S/C26H47N5O8P2/c1-17(2)31(18(3)4)40(37-12-11-27-6)39-22-21(20(28-7)16-41(9,10)34)38-25(23(22)36-14-13-35-8)30-15-19(5)24(32)29-26(30)33/h15,17-18,20-23,25,28H,11-14,16H2,1-5,7-10H3,(H,29,32,33)/t20?,21-,22-,23-,25-,40?/m1/s1. The van der Waals surface area contributed by atoms with Gasteiger partial charge in [0.05, 0.1) is 20.4 Å². The predicted octanol–water partition coefficient (Wildman–Crippen LogP) is 2.65. The van der Waals surface area contributed by atoms with Crippen molar-refractivity contribution in [3.05, 3.63) is 44.0 Å². The summed E-state index contributed by atoms with van der Waals surface area (Å²) in [4.78, 5) is 30.9. The molecule has 13 nitrogen and oxygen atoms in total. The van der Waals surface area contributed by atoms with Gasteiger partial charge < -0.3 is 38.0 Å². The van der Waals surface area contributed by atoms with Crippen molar-refractivity contribution >= 4 is 15.7 Å². The summed E-state index contributed by atoms with van der Waals surface area (Å²) in [6, 6.07) is -0.324. The first-order valence-corrected chi connectivity index (χ1v) is 17.7. The number of ether oxygens (including phenoxy) is 3. The highest BCUT2D eigenvalue weighted by molar-refractivity contribution is 7.62. The van der Waals surface area contributed by atoms with Crippen molar-refractivity contribution in [2.24, 2.45) is 0 Å². The molecule has 2 rings (SSSR count). The maximum Gasteiger partial charge on any atom is 0.330 e. The van der Waals surface area contributed by atoms with E-state index in [9.17, 15) is 14.2 Å². The Morgan fingerprint density at radius 1 is 1.20 bits per heavy atom. The van der Waals surface area contributed by atoms with E-state index in [-0.39, 0.29) is 38.4 Å². The van der Waals surface area contributed by atoms with Crippen molar-refractivity contribution in [3.8, 4) is 0 Å². The molecule has 0 bridgehead atoms. The zero-order valence-corrected chi connectivity index (χ0v) is 27.4. The molecule has 1 fully saturated rings. The van der Waals surface area contributed by atoms with E-state index in [2.05, 4.69) is 19.8 Å². The van der Waals surface area contributed by atoms with Crippen LogP contribution in [-0.4, -0.2) is 111 Å². The molecule has 0 aromatic carbocycles. The maximum atomic E-state index is 13.0. The molecule has 41 heavy (non-hydrogen) atoms. The number of hydrogen-bond acceptors (Lipinski definition) is 10. The first-order chi connectivity index (χ1) is 19.2. The number of nitrogens with one attached hydrogen (secondary N) is 2. The minimum absolute atomic E-state index is 0.0505. The van der Waals surface area contributed by atoms with E-state index in [0.717, 1.165) is 0 Å². The monoisotopic (exact) mass is 619 g/mol. The summed E-state index contributed by atoms with van der Waals surface area (Å²) < 4.78 is 47.4. The molecule has 1 saturated heterocycles. The van der Waals surface area contributed by atoms with E-state index in [1.165, 1.54) is 10.8 Å². The number of nitrogens with zero attached hydrogens (tertiary/aromatic N) is 3. The topological polar surface area (TPSA) is 138 Å². The van der Waals surface area contributed by atoms with Crippen LogP contribution in [-0.2, 0) is 27.8 Å². The number of methoxy groups -OCH3 is 1. The molecule has 0 saturated carbocycles. The van der Waals surface area contributed by atoms with Gasteiger partial charge in [0, 0.05) is 43.2 Å². The fraction of sp³-hybridized carbons (Fsp3) is 0.808. The summed E-state index contributed by atoms with van der Waals surface area (Å²) in [5.41, 5.74) is -0.806. The molecule has 15 heteroatoms. The van der Waals surface area contributed by atoms with Crippen LogP contribution in [0, 0.1) is 13.5 Å². The molecule has 0 amide bonds. The van der Waals surface area contributed by atoms with Gasteiger partial charge in [-0.25, -0.2) is 16.0 Å². The Balaban J connectivity index is 2.68. The van der Waals surface area contributed by atoms with Gasteiger partial charge in [-0.15, -0.1) is 0 Å². The molecule has 1 aliphatic heterocycles. The lowest BCUT2D eigenvalue weighted by Gasteiger charge is -2.39. The maximum absolute atomic E-state index is 13.0. The van der Waals surface area contributed by atoms with Crippen molar-refractivity contribution in [1.82, 2.24) is 19.5 Å². The molecule has 2 N–H and O–H groups in total. The van der Waals surface area contributed by atoms with Gasteiger partial charge in [-0.2, -0.15) is 0 Å². The molecule has 0 aliphatic carbocycles. The van der Waals surface area contributed by atoms with Crippen LogP contribution in [0.4, 0.5) is 0 Å². The number of aromatic amines is 1. The fourth-order valence-corrected chi connectivity index (χ4v) is 7.86. The molecule has 6 atom stereocenters. The highest BCUT2D eigenvalue weighted by atomic mass is 31.2. The SMILES string of the molecule is [C-]#[N+]CCOP(O[C@H]1[C@@H](OCCOC)[C@H](n2cc(C)c(=O)[nH]c2=O)O[C@@H]1C(CP(C)(C)=O)NC)N(C(C)C)C(C)C. The van der Waals surface area contributed by atoms with Gasteiger partial charge >= 0.3 is 5.69 Å². The van der Waals surface area contributed by atoms with Crippen LogP contribution in [0.3, 0.4) is 0 Å². The average molecular weight is 620 g/mol. The van der Waals surface area contributed by atoms with Crippen LogP contribution in [0.25, 0.3) is 4.85 Å². The van der Waals surface area contributed by atoms with Crippen molar-refractivity contribution in [2.75, 3.05) is 60.0 Å². The molecule has 1 aromatic heterocycles. The van der Waals surface area contributed by atoms with Gasteiger partial charge in [0.1, 0.15) is 24.9 Å². The average Bonchev–Trinajstić information content (AvgIpc) is 3.21. The summed E-state index contributed by atoms with van der Waals surface area (Å²) in [5.74, 6) is 0. The number of aromatic nitrogens is 2. The molecular weight excluding hydrogens is 572 g/mol. The Hall–Kier alpha value is -1.45. The van der Waals surface area contributed by atoms with E-state index in [4.69, 9.17) is 29.8 Å². The Bertz CT molecular complexity index is 1160. The van der Waals surface area contributed by atoms with Crippen LogP contribution >= 0.6 is 15.7 Å². The van der Waals surface area contributed by atoms with Crippen molar-refractivity contribution in [3.63, 3.8) is 0 Å². The Morgan fingerprint density at radius 2 is 1.85 bits per heavy atom. The van der Waals surface area contributed by atoms with Crippen LogP contribution in [0.5, 0.6) is 0 Å². The van der Waals surface area contributed by atoms with Gasteiger partial charge in [0.15, 0.2) is 6.23 Å². The molecule has 1 aliphatic rings. The zero-order valence-electron chi connectivity index (χ0n) is 25.7. The molecular formula is C26H47N5O8P2. The van der Waals surface area contributed by atoms with Gasteiger partial charge in [0.25, 0.3) is 14.1 Å². The third-order valence-electron chi connectivity index (χ3n) is 6.51. The van der Waals surface area contributed by atoms with Crippen LogP contribution in [0.2, 0.25) is 0 Å². The van der Waals surface area contributed by atoms with E-state index in [1.807, 2.05) is 27.7 Å². The van der Waals surface area contributed by atoms with E-state index in [0.29, 0.717) is 11.7 Å². The van der Waals surface area contributed by atoms with E-state index in [1.54, 1.807) is 34.4 Å². The molecule has 2 unspecified atom stereocenters. The highest BCUT2D eigenvalue weighted by Crippen LogP contribution is 2.51. The van der Waals surface area contributed by atoms with Crippen LogP contribution < -0.4 is 16.6 Å². The number of rotatable bonds is 17. The van der Waals surface area contributed by atoms with Gasteiger partial charge in [-0.05, 0) is 55.0 Å². The molecule has 234 valence electrons. The van der Waals surface area contributed by atoms with Crippen LogP contribution in [0.1, 0.15) is 39.5 Å². The predicted molar refractivity (Wildman–Crippen MR) is 160 cm³/mol. The van der Waals surface area contributed by atoms with Gasteiger partial charge in [-0.1, -0.05) is 0 Å². The summed E-state index contributed by atoms with van der Waals surface area (Å²) in [7, 11) is -0.923. The number of hydrogen-bond donors (Lipinski definition) is 2. The molecule has 0 spiro atoms. The fourth-order valence-electron chi connectivity index (χ4n) is 4.78. The van der Waals surface area contributed by atoms with Crippen LogP contribution in [0.15, 0.2) is 15.8 Å². The number of likely N-dealkylation sites (N-methyl/N-ethyl adjacent to an activating group) is 1. The summed E-state index contributed by atoms with van der Waals surface area (Å²) >= 11 is 0. The second-order valence-corrected chi connectivity index (χ2v) is 16.0. The first kappa shape index (κ1) is 35.7. The highest BCUT2D eigenvalue weighted by Gasteiger charge is 2.52. The van der Waals surface area contributed by atoms with E-state index < -0.39 is 57.5 Å². The third kappa shape index (κ3) is 10.1. The van der Waals surface area contributed by atoms with Crippen molar-refractivity contribution in [2.45, 2.75) is 77.3 Å². The van der Waals surface area contributed by atoms with Gasteiger partial charge in [-0.3, -0.25) is 14.3 Å². The molecule has 2 heterocycles. The molecule has 0 radical (unpaired) electrons. The lowest BCUT2D eigenvalue weighted by Crippen LogP contribution is -2.49. The summed E-state index contributed by atoms with van der Waals surface area (Å²) in [6.07, 6.45) is -1.53. The lowest BCUT2D eigenvalue weighted by atomic mass is 10.0. The lowest BCUT2D eigenvalue weighted by molar-refractivity contribution is -0.0799.